The van der Waals surface area contributed by atoms with E-state index in [2.05, 4.69) is 32.7 Å². The highest BCUT2D eigenvalue weighted by atomic mass is 16.5. The first-order chi connectivity index (χ1) is 5.50. The summed E-state index contributed by atoms with van der Waals surface area (Å²) in [5.74, 6) is 0.612. The van der Waals surface area contributed by atoms with Crippen LogP contribution < -0.4 is 0 Å². The molecule has 1 saturated heterocycles. The molecule has 3 heteroatoms. The molecule has 0 radical (unpaired) electrons. The highest BCUT2D eigenvalue weighted by Gasteiger charge is 2.39. The Morgan fingerprint density at radius 3 is 2.38 bits per heavy atom. The molecule has 1 aliphatic heterocycles. The van der Waals surface area contributed by atoms with E-state index in [9.17, 15) is 0 Å². The first-order valence-corrected chi connectivity index (χ1v) is 4.74. The van der Waals surface area contributed by atoms with Gasteiger partial charge in [0.25, 0.3) is 0 Å². The molecule has 0 aliphatic carbocycles. The number of ether oxygens (including phenoxy) is 1. The second-order valence-corrected chi connectivity index (χ2v) is 4.43. The quantitative estimate of drug-likeness (QED) is 0.616. The highest BCUT2D eigenvalue weighted by Crippen LogP contribution is 2.32. The Hall–Kier alpha value is -0.120. The van der Waals surface area contributed by atoms with Crippen molar-refractivity contribution in [2.75, 3.05) is 20.7 Å². The third kappa shape index (κ3) is 2.22. The van der Waals surface area contributed by atoms with Crippen molar-refractivity contribution in [3.63, 3.8) is 0 Å². The zero-order chi connectivity index (χ0) is 9.35. The van der Waals surface area contributed by atoms with Crippen LogP contribution in [0.25, 0.3) is 0 Å². The number of hydrogen-bond acceptors (Lipinski definition) is 2. The first-order valence-electron chi connectivity index (χ1n) is 4.74. The van der Waals surface area contributed by atoms with Gasteiger partial charge in [-0.2, -0.15) is 0 Å². The molecule has 1 aliphatic rings. The Morgan fingerprint density at radius 1 is 1.38 bits per heavy atom. The first kappa shape index (κ1) is 12.9. The molecule has 2 unspecified atom stereocenters. The maximum Gasteiger partial charge on any atom is 0.0626 e. The van der Waals surface area contributed by atoms with Crippen LogP contribution >= 0.6 is 0 Å². The third-order valence-corrected chi connectivity index (χ3v) is 3.71. The van der Waals surface area contributed by atoms with Crippen LogP contribution in [0.5, 0.6) is 0 Å². The number of methoxy groups -OCH3 is 1. The summed E-state index contributed by atoms with van der Waals surface area (Å²) < 4.78 is 5.46. The van der Waals surface area contributed by atoms with Crippen molar-refractivity contribution in [1.29, 1.82) is 0 Å². The fourth-order valence-electron chi connectivity index (χ4n) is 1.98. The van der Waals surface area contributed by atoms with E-state index in [1.165, 1.54) is 0 Å². The lowest BCUT2D eigenvalue weighted by molar-refractivity contribution is -0.0608. The summed E-state index contributed by atoms with van der Waals surface area (Å²) in [5, 5.41) is 0. The van der Waals surface area contributed by atoms with E-state index in [1.807, 2.05) is 7.11 Å². The van der Waals surface area contributed by atoms with Crippen LogP contribution in [-0.2, 0) is 4.74 Å². The normalized spacial score (nSPS) is 33.9. The topological polar surface area (TPSA) is 44.0 Å². The molecular formula is C10H23NO2. The van der Waals surface area contributed by atoms with Crippen molar-refractivity contribution >= 4 is 0 Å². The van der Waals surface area contributed by atoms with Gasteiger partial charge in [-0.05, 0) is 27.3 Å². The van der Waals surface area contributed by atoms with Crippen molar-refractivity contribution in [3.8, 4) is 0 Å². The molecule has 2 N–H and O–H groups in total. The van der Waals surface area contributed by atoms with Gasteiger partial charge >= 0.3 is 0 Å². The molecule has 1 heterocycles. The van der Waals surface area contributed by atoms with E-state index in [0.717, 1.165) is 13.0 Å². The Balaban J connectivity index is 0.00000144. The number of likely N-dealkylation sites (tertiary alicyclic amines) is 1. The fraction of sp³-hybridized carbons (Fsp3) is 1.00. The molecule has 1 rings (SSSR count). The monoisotopic (exact) mass is 189 g/mol. The molecule has 0 aromatic heterocycles. The third-order valence-electron chi connectivity index (χ3n) is 3.71. The van der Waals surface area contributed by atoms with Crippen molar-refractivity contribution < 1.29 is 10.2 Å². The largest absolute Gasteiger partial charge is 0.412 e. The van der Waals surface area contributed by atoms with Crippen LogP contribution in [0.1, 0.15) is 27.2 Å². The molecule has 1 fully saturated rings. The Morgan fingerprint density at radius 2 is 1.92 bits per heavy atom. The SMILES string of the molecule is COC1CCN(C)C(C)(C)C1C.O. The Labute approximate surface area is 81.4 Å². The van der Waals surface area contributed by atoms with Gasteiger partial charge < -0.3 is 15.1 Å². The molecule has 13 heavy (non-hydrogen) atoms. The van der Waals surface area contributed by atoms with Crippen molar-refractivity contribution in [2.24, 2.45) is 5.92 Å². The molecule has 2 atom stereocenters. The molecular weight excluding hydrogens is 166 g/mol. The van der Waals surface area contributed by atoms with E-state index in [0.29, 0.717) is 12.0 Å². The molecule has 3 nitrogen and oxygen atoms in total. The minimum absolute atomic E-state index is 0. The second kappa shape index (κ2) is 4.40. The van der Waals surface area contributed by atoms with Crippen molar-refractivity contribution in [1.82, 2.24) is 4.90 Å². The molecule has 0 bridgehead atoms. The Kier molecular flexibility index (Phi) is 4.36. The summed E-state index contributed by atoms with van der Waals surface area (Å²) in [6.45, 7) is 8.02. The smallest absolute Gasteiger partial charge is 0.0626 e. The number of piperidine rings is 1. The maximum atomic E-state index is 5.46. The van der Waals surface area contributed by atoms with Gasteiger partial charge in [-0.3, -0.25) is 0 Å². The molecule has 0 amide bonds. The Bertz CT molecular complexity index is 159. The average Bonchev–Trinajstić information content (AvgIpc) is 2.02. The summed E-state index contributed by atoms with van der Waals surface area (Å²) >= 11 is 0. The van der Waals surface area contributed by atoms with E-state index >= 15 is 0 Å². The van der Waals surface area contributed by atoms with Gasteiger partial charge in [0.05, 0.1) is 6.10 Å². The summed E-state index contributed by atoms with van der Waals surface area (Å²) in [5.41, 5.74) is 0.277. The minimum atomic E-state index is 0. The van der Waals surface area contributed by atoms with Crippen LogP contribution in [0, 0.1) is 5.92 Å². The minimum Gasteiger partial charge on any atom is -0.412 e. The number of nitrogens with zero attached hydrogens (tertiary/aromatic N) is 1. The lowest BCUT2D eigenvalue weighted by Gasteiger charge is -2.48. The van der Waals surface area contributed by atoms with E-state index < -0.39 is 0 Å². The van der Waals surface area contributed by atoms with Crippen LogP contribution in [0.4, 0.5) is 0 Å². The number of hydrogen-bond donors (Lipinski definition) is 0. The van der Waals surface area contributed by atoms with Crippen LogP contribution in [0.15, 0.2) is 0 Å². The maximum absolute atomic E-state index is 5.46. The van der Waals surface area contributed by atoms with Gasteiger partial charge in [0.2, 0.25) is 0 Å². The predicted molar refractivity (Wildman–Crippen MR) is 54.9 cm³/mol. The van der Waals surface area contributed by atoms with Crippen molar-refractivity contribution in [2.45, 2.75) is 38.8 Å². The lowest BCUT2D eigenvalue weighted by atomic mass is 9.79. The molecule has 0 saturated carbocycles. The van der Waals surface area contributed by atoms with Gasteiger partial charge in [-0.15, -0.1) is 0 Å². The van der Waals surface area contributed by atoms with E-state index in [4.69, 9.17) is 4.74 Å². The van der Waals surface area contributed by atoms with Gasteiger partial charge in [0.15, 0.2) is 0 Å². The second-order valence-electron chi connectivity index (χ2n) is 4.43. The molecule has 0 aromatic carbocycles. The van der Waals surface area contributed by atoms with E-state index in [-0.39, 0.29) is 11.0 Å². The zero-order valence-corrected chi connectivity index (χ0v) is 9.42. The predicted octanol–water partition coefficient (Wildman–Crippen LogP) is 0.927. The van der Waals surface area contributed by atoms with E-state index in [1.54, 1.807) is 0 Å². The van der Waals surface area contributed by atoms with Crippen LogP contribution in [0.2, 0.25) is 0 Å². The summed E-state index contributed by atoms with van der Waals surface area (Å²) in [7, 11) is 4.02. The zero-order valence-electron chi connectivity index (χ0n) is 9.42. The summed E-state index contributed by atoms with van der Waals surface area (Å²) in [6, 6.07) is 0. The molecule has 80 valence electrons. The molecule has 0 spiro atoms. The van der Waals surface area contributed by atoms with Gasteiger partial charge in [0, 0.05) is 25.1 Å². The standard InChI is InChI=1S/C10H21NO.H2O/c1-8-9(12-5)6-7-11(4)10(8,2)3;/h8-9H,6-7H2,1-5H3;1H2. The van der Waals surface area contributed by atoms with Crippen LogP contribution in [-0.4, -0.2) is 42.7 Å². The average molecular weight is 189 g/mol. The summed E-state index contributed by atoms with van der Waals surface area (Å²) in [6.07, 6.45) is 1.61. The number of rotatable bonds is 1. The highest BCUT2D eigenvalue weighted by molar-refractivity contribution is 4.93. The van der Waals surface area contributed by atoms with Crippen molar-refractivity contribution in [3.05, 3.63) is 0 Å². The van der Waals surface area contributed by atoms with Gasteiger partial charge in [0.1, 0.15) is 0 Å². The molecule has 0 aromatic rings. The van der Waals surface area contributed by atoms with Gasteiger partial charge in [-0.25, -0.2) is 0 Å². The van der Waals surface area contributed by atoms with Crippen LogP contribution in [0.3, 0.4) is 0 Å². The summed E-state index contributed by atoms with van der Waals surface area (Å²) in [4.78, 5) is 2.42. The van der Waals surface area contributed by atoms with Gasteiger partial charge in [-0.1, -0.05) is 6.92 Å². The lowest BCUT2D eigenvalue weighted by Crippen LogP contribution is -2.55. The fourth-order valence-corrected chi connectivity index (χ4v) is 1.98.